The second-order valence-corrected chi connectivity index (χ2v) is 5.98. The number of ether oxygens (including phenoxy) is 1. The molecule has 4 rings (SSSR count). The van der Waals surface area contributed by atoms with E-state index in [1.54, 1.807) is 6.92 Å². The summed E-state index contributed by atoms with van der Waals surface area (Å²) in [6.07, 6.45) is -0.174. The Labute approximate surface area is 129 Å². The number of fused-ring (bicyclic) bond motifs is 3. The van der Waals surface area contributed by atoms with E-state index in [0.717, 1.165) is 22.7 Å². The lowest BCUT2D eigenvalue weighted by Gasteiger charge is -2.38. The number of hydrogen-bond acceptors (Lipinski definition) is 4. The zero-order chi connectivity index (χ0) is 15.4. The van der Waals surface area contributed by atoms with Gasteiger partial charge in [0, 0.05) is 7.05 Å². The highest BCUT2D eigenvalue weighted by molar-refractivity contribution is 5.98. The molecule has 0 saturated carbocycles. The predicted molar refractivity (Wildman–Crippen MR) is 88.0 cm³/mol. The van der Waals surface area contributed by atoms with Crippen LogP contribution in [-0.4, -0.2) is 25.1 Å². The number of likely N-dealkylation sites (N-methyl/N-ethyl adjacent to an activating group) is 1. The molecule has 0 fully saturated rings. The second kappa shape index (κ2) is 4.50. The van der Waals surface area contributed by atoms with Gasteiger partial charge in [0.2, 0.25) is 0 Å². The molecule has 0 amide bonds. The summed E-state index contributed by atoms with van der Waals surface area (Å²) in [7, 11) is 2.02. The molecule has 112 valence electrons. The minimum Gasteiger partial charge on any atom is -0.472 e. The van der Waals surface area contributed by atoms with Crippen molar-refractivity contribution in [3.63, 3.8) is 0 Å². The van der Waals surface area contributed by atoms with Gasteiger partial charge >= 0.3 is 0 Å². The minimum atomic E-state index is -0.174. The fraction of sp³-hybridized carbons (Fsp3) is 0.278. The molecule has 0 aromatic heterocycles. The molecule has 2 atom stereocenters. The zero-order valence-electron chi connectivity index (χ0n) is 12.9. The van der Waals surface area contributed by atoms with E-state index >= 15 is 0 Å². The first-order chi connectivity index (χ1) is 10.6. The molecule has 2 aliphatic rings. The summed E-state index contributed by atoms with van der Waals surface area (Å²) in [6.45, 7) is 3.47. The van der Waals surface area contributed by atoms with E-state index in [2.05, 4.69) is 34.5 Å². The maximum absolute atomic E-state index is 11.9. The van der Waals surface area contributed by atoms with Crippen molar-refractivity contribution in [3.05, 3.63) is 47.7 Å². The van der Waals surface area contributed by atoms with E-state index in [1.807, 2.05) is 26.1 Å². The van der Waals surface area contributed by atoms with Gasteiger partial charge in [-0.15, -0.1) is 0 Å². The van der Waals surface area contributed by atoms with Crippen LogP contribution in [0.5, 0.6) is 0 Å². The highest BCUT2D eigenvalue weighted by atomic mass is 16.5. The molecule has 2 aromatic carbocycles. The van der Waals surface area contributed by atoms with E-state index in [4.69, 9.17) is 4.74 Å². The summed E-state index contributed by atoms with van der Waals surface area (Å²) in [6, 6.07) is 12.5. The minimum absolute atomic E-state index is 0.0649. The normalized spacial score (nSPS) is 23.0. The Morgan fingerprint density at radius 1 is 1.23 bits per heavy atom. The van der Waals surface area contributed by atoms with Crippen molar-refractivity contribution in [1.29, 1.82) is 0 Å². The Morgan fingerprint density at radius 2 is 1.91 bits per heavy atom. The van der Waals surface area contributed by atoms with Crippen molar-refractivity contribution in [2.45, 2.75) is 26.1 Å². The van der Waals surface area contributed by atoms with E-state index < -0.39 is 0 Å². The number of rotatable bonds is 1. The summed E-state index contributed by atoms with van der Waals surface area (Å²) < 4.78 is 5.94. The van der Waals surface area contributed by atoms with Crippen LogP contribution in [0.4, 0.5) is 11.4 Å². The van der Waals surface area contributed by atoms with Crippen molar-refractivity contribution in [1.82, 2.24) is 0 Å². The van der Waals surface area contributed by atoms with Crippen LogP contribution in [0, 0.1) is 0 Å². The fourth-order valence-electron chi connectivity index (χ4n) is 3.53. The van der Waals surface area contributed by atoms with Crippen molar-refractivity contribution in [2.75, 3.05) is 17.3 Å². The average molecular weight is 294 g/mol. The Bertz CT molecular complexity index is 825. The number of allylic oxidation sites excluding steroid dienone is 1. The lowest BCUT2D eigenvalue weighted by Crippen LogP contribution is -2.48. The number of nitrogens with zero attached hydrogens (tertiary/aromatic N) is 1. The second-order valence-electron chi connectivity index (χ2n) is 5.98. The van der Waals surface area contributed by atoms with E-state index in [-0.39, 0.29) is 18.1 Å². The molecule has 0 spiro atoms. The van der Waals surface area contributed by atoms with Crippen molar-refractivity contribution < 1.29 is 9.53 Å². The highest BCUT2D eigenvalue weighted by Gasteiger charge is 2.43. The topological polar surface area (TPSA) is 41.6 Å². The lowest BCUT2D eigenvalue weighted by molar-refractivity contribution is -0.113. The van der Waals surface area contributed by atoms with Gasteiger partial charge in [0.1, 0.15) is 11.8 Å². The Balaban J connectivity index is 1.85. The molecule has 1 N–H and O–H groups in total. The van der Waals surface area contributed by atoms with Gasteiger partial charge in [0.25, 0.3) is 0 Å². The van der Waals surface area contributed by atoms with Crippen LogP contribution >= 0.6 is 0 Å². The van der Waals surface area contributed by atoms with Crippen LogP contribution in [-0.2, 0) is 9.53 Å². The van der Waals surface area contributed by atoms with Crippen LogP contribution in [0.3, 0.4) is 0 Å². The van der Waals surface area contributed by atoms with E-state index in [9.17, 15) is 4.79 Å². The summed E-state index contributed by atoms with van der Waals surface area (Å²) in [5.41, 5.74) is 2.88. The Kier molecular flexibility index (Phi) is 2.70. The average Bonchev–Trinajstić information content (AvgIpc) is 2.82. The maximum atomic E-state index is 11.9. The number of ketones is 1. The van der Waals surface area contributed by atoms with E-state index in [0.29, 0.717) is 0 Å². The summed E-state index contributed by atoms with van der Waals surface area (Å²) >= 11 is 0. The largest absolute Gasteiger partial charge is 0.472 e. The zero-order valence-corrected chi connectivity index (χ0v) is 12.9. The third kappa shape index (κ3) is 1.73. The van der Waals surface area contributed by atoms with Gasteiger partial charge in [-0.3, -0.25) is 4.79 Å². The molecule has 2 aromatic rings. The molecule has 4 nitrogen and oxygen atoms in total. The van der Waals surface area contributed by atoms with Crippen LogP contribution in [0.25, 0.3) is 10.8 Å². The quantitative estimate of drug-likeness (QED) is 0.876. The number of benzene rings is 2. The first-order valence-electron chi connectivity index (χ1n) is 7.47. The molecule has 22 heavy (non-hydrogen) atoms. The molecule has 2 heterocycles. The van der Waals surface area contributed by atoms with Gasteiger partial charge < -0.3 is 15.0 Å². The monoisotopic (exact) mass is 294 g/mol. The van der Waals surface area contributed by atoms with Gasteiger partial charge in [-0.05, 0) is 36.8 Å². The number of nitrogens with one attached hydrogen (secondary N) is 1. The first-order valence-corrected chi connectivity index (χ1v) is 7.47. The third-order valence-electron chi connectivity index (χ3n) is 4.59. The van der Waals surface area contributed by atoms with Crippen molar-refractivity contribution in [3.8, 4) is 0 Å². The van der Waals surface area contributed by atoms with Crippen LogP contribution in [0.2, 0.25) is 0 Å². The van der Waals surface area contributed by atoms with Crippen molar-refractivity contribution in [2.24, 2.45) is 0 Å². The first kappa shape index (κ1) is 13.2. The van der Waals surface area contributed by atoms with Gasteiger partial charge in [0.15, 0.2) is 12.0 Å². The van der Waals surface area contributed by atoms with Crippen LogP contribution in [0.15, 0.2) is 47.7 Å². The summed E-state index contributed by atoms with van der Waals surface area (Å²) in [5, 5.41) is 5.88. The maximum Gasteiger partial charge on any atom is 0.196 e. The highest BCUT2D eigenvalue weighted by Crippen LogP contribution is 2.42. The van der Waals surface area contributed by atoms with Crippen LogP contribution in [0.1, 0.15) is 13.8 Å². The third-order valence-corrected chi connectivity index (χ3v) is 4.59. The summed E-state index contributed by atoms with van der Waals surface area (Å²) in [5.74, 6) is 0.786. The van der Waals surface area contributed by atoms with Gasteiger partial charge in [-0.1, -0.05) is 24.3 Å². The van der Waals surface area contributed by atoms with Crippen LogP contribution < -0.4 is 10.2 Å². The number of Topliss-reactive ketones (excluding diaryl/α,β-unsaturated/α-hetero) is 1. The number of hydrogen-bond donors (Lipinski definition) is 1. The molecular formula is C18H18N2O2. The smallest absolute Gasteiger partial charge is 0.196 e. The number of anilines is 2. The number of carbonyl (C=O) groups excluding carboxylic acids is 1. The van der Waals surface area contributed by atoms with E-state index in [1.165, 1.54) is 10.8 Å². The van der Waals surface area contributed by atoms with Crippen molar-refractivity contribution >= 4 is 27.9 Å². The number of carbonyl (C=O) groups is 1. The molecule has 0 bridgehead atoms. The SMILES string of the molecule is CC(=O)C1=C(C)OC2C1Nc1cc3ccccc3cc1N2C. The lowest BCUT2D eigenvalue weighted by atomic mass is 9.98. The summed E-state index contributed by atoms with van der Waals surface area (Å²) in [4.78, 5) is 14.1. The molecular weight excluding hydrogens is 276 g/mol. The van der Waals surface area contributed by atoms with Gasteiger partial charge in [0.05, 0.1) is 16.9 Å². The fourth-order valence-corrected chi connectivity index (χ4v) is 3.53. The Hall–Kier alpha value is -2.49. The molecule has 4 heteroatoms. The predicted octanol–water partition coefficient (Wildman–Crippen LogP) is 3.29. The standard InChI is InChI=1S/C18H18N2O2/c1-10(21)16-11(2)22-18-17(16)19-14-8-12-6-4-5-7-13(12)9-15(14)20(18)3/h4-9,17-19H,1-3H3. The molecule has 0 saturated heterocycles. The van der Waals surface area contributed by atoms with Gasteiger partial charge in [-0.2, -0.15) is 0 Å². The molecule has 2 aliphatic heterocycles. The molecule has 2 unspecified atom stereocenters. The molecule has 0 radical (unpaired) electrons. The Morgan fingerprint density at radius 3 is 2.59 bits per heavy atom. The molecule has 0 aliphatic carbocycles. The van der Waals surface area contributed by atoms with Gasteiger partial charge in [-0.25, -0.2) is 0 Å².